The largest absolute Gasteiger partial charge is 0.468 e. The molecular weight excluding hydrogens is 300 g/mol. The molecule has 1 aliphatic heterocycles. The smallest absolute Gasteiger partial charge is 0.230 e. The second-order valence-electron chi connectivity index (χ2n) is 3.77. The van der Waals surface area contributed by atoms with Crippen LogP contribution in [0.5, 0.6) is 0 Å². The van der Waals surface area contributed by atoms with Crippen molar-refractivity contribution in [2.75, 3.05) is 30.3 Å². The molecule has 0 saturated carbocycles. The SMILES string of the molecule is O=C(CSC1=NCCS1)NCCSCc1ccco1. The number of nitrogens with one attached hydrogen (secondary N) is 1. The van der Waals surface area contributed by atoms with Gasteiger partial charge < -0.3 is 9.73 Å². The minimum absolute atomic E-state index is 0.0822. The molecule has 0 aromatic carbocycles. The Balaban J connectivity index is 1.47. The van der Waals surface area contributed by atoms with Gasteiger partial charge in [0, 0.05) is 18.1 Å². The molecule has 2 heterocycles. The van der Waals surface area contributed by atoms with Gasteiger partial charge in [-0.05, 0) is 12.1 Å². The number of aliphatic imine (C=N–C) groups is 1. The summed E-state index contributed by atoms with van der Waals surface area (Å²) in [6, 6.07) is 3.85. The van der Waals surface area contributed by atoms with E-state index >= 15 is 0 Å². The van der Waals surface area contributed by atoms with E-state index in [0.717, 1.165) is 33.9 Å². The zero-order chi connectivity index (χ0) is 13.3. The lowest BCUT2D eigenvalue weighted by molar-refractivity contribution is -0.118. The number of carbonyl (C=O) groups excluding carboxylic acids is 1. The fourth-order valence-corrected chi connectivity index (χ4v) is 4.01. The Morgan fingerprint density at radius 3 is 3.26 bits per heavy atom. The monoisotopic (exact) mass is 316 g/mol. The van der Waals surface area contributed by atoms with Gasteiger partial charge in [0.1, 0.15) is 10.1 Å². The first-order valence-electron chi connectivity index (χ1n) is 6.01. The Hall–Kier alpha value is -0.530. The van der Waals surface area contributed by atoms with E-state index < -0.39 is 0 Å². The minimum Gasteiger partial charge on any atom is -0.468 e. The van der Waals surface area contributed by atoms with Crippen LogP contribution in [0.4, 0.5) is 0 Å². The van der Waals surface area contributed by atoms with Crippen molar-refractivity contribution in [3.63, 3.8) is 0 Å². The Morgan fingerprint density at radius 2 is 2.53 bits per heavy atom. The van der Waals surface area contributed by atoms with Crippen LogP contribution in [0.2, 0.25) is 0 Å². The van der Waals surface area contributed by atoms with Crippen LogP contribution in [0.25, 0.3) is 0 Å². The second kappa shape index (κ2) is 8.60. The van der Waals surface area contributed by atoms with E-state index in [1.54, 1.807) is 29.8 Å². The number of hydrogen-bond donors (Lipinski definition) is 1. The molecule has 0 aliphatic carbocycles. The van der Waals surface area contributed by atoms with E-state index in [1.807, 2.05) is 12.1 Å². The molecule has 0 bridgehead atoms. The number of amides is 1. The van der Waals surface area contributed by atoms with Crippen LogP contribution in [-0.2, 0) is 10.5 Å². The zero-order valence-electron chi connectivity index (χ0n) is 10.5. The molecule has 0 saturated heterocycles. The Morgan fingerprint density at radius 1 is 1.58 bits per heavy atom. The maximum absolute atomic E-state index is 11.6. The average molecular weight is 316 g/mol. The molecular formula is C12H16N2O2S3. The quantitative estimate of drug-likeness (QED) is 0.783. The van der Waals surface area contributed by atoms with E-state index in [2.05, 4.69) is 10.3 Å². The number of hydrogen-bond acceptors (Lipinski definition) is 6. The zero-order valence-corrected chi connectivity index (χ0v) is 12.9. The van der Waals surface area contributed by atoms with Gasteiger partial charge >= 0.3 is 0 Å². The summed E-state index contributed by atoms with van der Waals surface area (Å²) in [5, 5.41) is 2.91. The van der Waals surface area contributed by atoms with Crippen LogP contribution in [-0.4, -0.2) is 40.6 Å². The molecule has 104 valence electrons. The van der Waals surface area contributed by atoms with E-state index in [1.165, 1.54) is 11.8 Å². The van der Waals surface area contributed by atoms with Gasteiger partial charge in [-0.25, -0.2) is 0 Å². The van der Waals surface area contributed by atoms with E-state index in [-0.39, 0.29) is 5.91 Å². The van der Waals surface area contributed by atoms with Crippen molar-refractivity contribution in [1.82, 2.24) is 5.32 Å². The summed E-state index contributed by atoms with van der Waals surface area (Å²) in [4.78, 5) is 15.9. The molecule has 1 N–H and O–H groups in total. The van der Waals surface area contributed by atoms with Gasteiger partial charge in [0.05, 0.1) is 24.3 Å². The molecule has 0 fully saturated rings. The van der Waals surface area contributed by atoms with Gasteiger partial charge in [-0.2, -0.15) is 11.8 Å². The molecule has 1 aromatic heterocycles. The predicted molar refractivity (Wildman–Crippen MR) is 85.1 cm³/mol. The molecule has 2 rings (SSSR count). The van der Waals surface area contributed by atoms with Crippen LogP contribution in [0, 0.1) is 0 Å². The molecule has 1 aliphatic rings. The predicted octanol–water partition coefficient (Wildman–Crippen LogP) is 2.47. The lowest BCUT2D eigenvalue weighted by Crippen LogP contribution is -2.27. The number of rotatable bonds is 7. The highest BCUT2D eigenvalue weighted by atomic mass is 32.2. The van der Waals surface area contributed by atoms with Crippen molar-refractivity contribution < 1.29 is 9.21 Å². The molecule has 4 nitrogen and oxygen atoms in total. The van der Waals surface area contributed by atoms with Crippen molar-refractivity contribution in [3.8, 4) is 0 Å². The standard InChI is InChI=1S/C12H16N2O2S3/c15-11(9-19-12-14-4-7-18-12)13-3-6-17-8-10-2-1-5-16-10/h1-2,5H,3-4,6-9H2,(H,13,15). The first-order valence-corrected chi connectivity index (χ1v) is 9.14. The Kier molecular flexibility index (Phi) is 6.73. The van der Waals surface area contributed by atoms with Crippen LogP contribution in [0.3, 0.4) is 0 Å². The van der Waals surface area contributed by atoms with Crippen molar-refractivity contribution in [2.45, 2.75) is 5.75 Å². The second-order valence-corrected chi connectivity index (χ2v) is 7.18. The third-order valence-electron chi connectivity index (χ3n) is 2.28. The molecule has 0 atom stereocenters. The molecule has 0 unspecified atom stereocenters. The fourth-order valence-electron chi connectivity index (χ4n) is 1.41. The molecule has 0 radical (unpaired) electrons. The third kappa shape index (κ3) is 5.97. The summed E-state index contributed by atoms with van der Waals surface area (Å²) in [6.07, 6.45) is 1.68. The van der Waals surface area contributed by atoms with Gasteiger partial charge in [-0.1, -0.05) is 23.5 Å². The lowest BCUT2D eigenvalue weighted by Gasteiger charge is -2.04. The van der Waals surface area contributed by atoms with Gasteiger partial charge in [0.15, 0.2) is 0 Å². The Bertz CT molecular complexity index is 421. The highest BCUT2D eigenvalue weighted by Gasteiger charge is 2.09. The summed E-state index contributed by atoms with van der Waals surface area (Å²) in [7, 11) is 0. The van der Waals surface area contributed by atoms with E-state index in [9.17, 15) is 4.79 Å². The van der Waals surface area contributed by atoms with Crippen LogP contribution in [0.1, 0.15) is 5.76 Å². The van der Waals surface area contributed by atoms with Gasteiger partial charge in [-0.15, -0.1) is 0 Å². The summed E-state index contributed by atoms with van der Waals surface area (Å²) in [6.45, 7) is 1.59. The van der Waals surface area contributed by atoms with E-state index in [4.69, 9.17) is 4.42 Å². The Labute approximate surface area is 125 Å². The van der Waals surface area contributed by atoms with Crippen LogP contribution < -0.4 is 5.32 Å². The van der Waals surface area contributed by atoms with Crippen LogP contribution in [0.15, 0.2) is 27.8 Å². The first-order chi connectivity index (χ1) is 9.34. The van der Waals surface area contributed by atoms with Crippen molar-refractivity contribution >= 4 is 45.6 Å². The molecule has 1 amide bonds. The summed E-state index contributed by atoms with van der Waals surface area (Å²) >= 11 is 5.02. The number of furan rings is 1. The van der Waals surface area contributed by atoms with Crippen LogP contribution >= 0.6 is 35.3 Å². The van der Waals surface area contributed by atoms with Crippen molar-refractivity contribution in [1.29, 1.82) is 0 Å². The third-order valence-corrected chi connectivity index (χ3v) is 5.51. The van der Waals surface area contributed by atoms with Crippen molar-refractivity contribution in [2.24, 2.45) is 4.99 Å². The van der Waals surface area contributed by atoms with Crippen molar-refractivity contribution in [3.05, 3.63) is 24.2 Å². The minimum atomic E-state index is 0.0822. The fraction of sp³-hybridized carbons (Fsp3) is 0.500. The molecule has 19 heavy (non-hydrogen) atoms. The normalized spacial score (nSPS) is 14.4. The van der Waals surface area contributed by atoms with Gasteiger partial charge in [-0.3, -0.25) is 9.79 Å². The molecule has 0 spiro atoms. The number of carbonyl (C=O) groups is 1. The topological polar surface area (TPSA) is 54.6 Å². The average Bonchev–Trinajstić information content (AvgIpc) is 3.09. The highest BCUT2D eigenvalue weighted by molar-refractivity contribution is 8.39. The molecule has 7 heteroatoms. The molecule has 1 aromatic rings. The van der Waals surface area contributed by atoms with Gasteiger partial charge in [0.2, 0.25) is 5.91 Å². The maximum Gasteiger partial charge on any atom is 0.230 e. The highest BCUT2D eigenvalue weighted by Crippen LogP contribution is 2.21. The summed E-state index contributed by atoms with van der Waals surface area (Å²) in [5.41, 5.74) is 0. The first kappa shape index (κ1) is 14.9. The lowest BCUT2D eigenvalue weighted by atomic mass is 10.5. The van der Waals surface area contributed by atoms with Gasteiger partial charge in [0.25, 0.3) is 0 Å². The maximum atomic E-state index is 11.6. The summed E-state index contributed by atoms with van der Waals surface area (Å²) in [5.74, 6) is 4.32. The number of nitrogens with zero attached hydrogens (tertiary/aromatic N) is 1. The van der Waals surface area contributed by atoms with E-state index in [0.29, 0.717) is 12.3 Å². The summed E-state index contributed by atoms with van der Waals surface area (Å²) < 4.78 is 6.27. The number of thioether (sulfide) groups is 3.